The molecule has 0 aromatic heterocycles. The Kier molecular flexibility index (Phi) is 14.9. The summed E-state index contributed by atoms with van der Waals surface area (Å²) in [6.07, 6.45) is 19.7. The van der Waals surface area contributed by atoms with E-state index in [2.05, 4.69) is 19.9 Å². The minimum Gasteiger partial charge on any atom is -0.475 e. The van der Waals surface area contributed by atoms with Crippen LogP contribution in [0.25, 0.3) is 0 Å². The second-order valence-corrected chi connectivity index (χ2v) is 9.93. The highest BCUT2D eigenvalue weighted by molar-refractivity contribution is 7.85. The molecule has 1 aromatic carbocycles. The van der Waals surface area contributed by atoms with E-state index in [4.69, 9.17) is 9.29 Å². The van der Waals surface area contributed by atoms with Crippen molar-refractivity contribution < 1.29 is 17.7 Å². The van der Waals surface area contributed by atoms with Gasteiger partial charge >= 0.3 is 10.1 Å². The molecule has 0 radical (unpaired) electrons. The third-order valence-corrected chi connectivity index (χ3v) is 6.02. The molecule has 0 bridgehead atoms. The van der Waals surface area contributed by atoms with Crippen LogP contribution in [0, 0.1) is 0 Å². The lowest BCUT2D eigenvalue weighted by Gasteiger charge is -2.13. The van der Waals surface area contributed by atoms with Crippen LogP contribution in [0.1, 0.15) is 115 Å². The Balaban J connectivity index is 2.52. The van der Waals surface area contributed by atoms with E-state index in [-0.39, 0.29) is 0 Å². The van der Waals surface area contributed by atoms with Crippen LogP contribution in [0.3, 0.4) is 0 Å². The Bertz CT molecular complexity index is 655. The van der Waals surface area contributed by atoms with Crippen LogP contribution < -0.4 is 4.74 Å². The summed E-state index contributed by atoms with van der Waals surface area (Å²) in [5.74, 6) is -0.101. The molecule has 0 aliphatic rings. The summed E-state index contributed by atoms with van der Waals surface area (Å²) >= 11 is 0. The average Bonchev–Trinajstić information content (AvgIpc) is 2.71. The van der Waals surface area contributed by atoms with Crippen LogP contribution >= 0.6 is 0 Å². The van der Waals surface area contributed by atoms with Gasteiger partial charge in [0.25, 0.3) is 0 Å². The van der Waals surface area contributed by atoms with Crippen molar-refractivity contribution in [3.05, 3.63) is 29.3 Å². The third-order valence-electron chi connectivity index (χ3n) is 5.61. The fourth-order valence-corrected chi connectivity index (χ4v) is 4.10. The Morgan fingerprint density at radius 2 is 1.23 bits per heavy atom. The van der Waals surface area contributed by atoms with Gasteiger partial charge in [-0.25, -0.2) is 0 Å². The van der Waals surface area contributed by atoms with Crippen molar-refractivity contribution in [1.82, 2.24) is 0 Å². The molecule has 0 aliphatic carbocycles. The molecule has 0 fully saturated rings. The topological polar surface area (TPSA) is 63.6 Å². The quantitative estimate of drug-likeness (QED) is 0.179. The Morgan fingerprint density at radius 3 is 1.77 bits per heavy atom. The highest BCUT2D eigenvalue weighted by Crippen LogP contribution is 2.24. The minimum absolute atomic E-state index is 0.585. The molecular formula is C25H44O4S. The molecule has 0 atom stereocenters. The zero-order chi connectivity index (χ0) is 22.1. The standard InChI is InChI=1S/C25H44O4S/c1-3-5-7-9-11-13-15-17-23-19-20-25(29-22-30(26,27)28)24(21-23)18-16-14-12-10-8-6-4-2/h19-21H,3-18,22H2,1-2H3,(H,26,27,28). The van der Waals surface area contributed by atoms with Gasteiger partial charge in [0.15, 0.2) is 0 Å². The summed E-state index contributed by atoms with van der Waals surface area (Å²) in [5, 5.41) is 0. The third kappa shape index (κ3) is 14.0. The van der Waals surface area contributed by atoms with Gasteiger partial charge in [0, 0.05) is 0 Å². The number of benzene rings is 1. The summed E-state index contributed by atoms with van der Waals surface area (Å²) in [4.78, 5) is 0. The molecule has 5 heteroatoms. The highest BCUT2D eigenvalue weighted by atomic mass is 32.2. The van der Waals surface area contributed by atoms with E-state index in [0.717, 1.165) is 24.8 Å². The van der Waals surface area contributed by atoms with Crippen LogP contribution in [-0.2, 0) is 23.0 Å². The fourth-order valence-electron chi connectivity index (χ4n) is 3.82. The molecule has 1 aromatic rings. The van der Waals surface area contributed by atoms with Gasteiger partial charge in [-0.05, 0) is 42.9 Å². The van der Waals surface area contributed by atoms with E-state index < -0.39 is 16.1 Å². The number of unbranched alkanes of at least 4 members (excludes halogenated alkanes) is 12. The number of ether oxygens (including phenoxy) is 1. The minimum atomic E-state index is -4.14. The second-order valence-electron chi connectivity index (χ2n) is 8.53. The summed E-state index contributed by atoms with van der Waals surface area (Å²) in [7, 11) is -4.14. The maximum absolute atomic E-state index is 11.1. The molecule has 0 amide bonds. The normalized spacial score (nSPS) is 11.7. The lowest BCUT2D eigenvalue weighted by atomic mass is 9.99. The first-order chi connectivity index (χ1) is 14.5. The largest absolute Gasteiger partial charge is 0.475 e. The van der Waals surface area contributed by atoms with Gasteiger partial charge in [-0.1, -0.05) is 103 Å². The molecule has 0 heterocycles. The number of aryl methyl sites for hydroxylation is 2. The zero-order valence-corrected chi connectivity index (χ0v) is 20.1. The fraction of sp³-hybridized carbons (Fsp3) is 0.760. The molecule has 0 saturated carbocycles. The van der Waals surface area contributed by atoms with Crippen molar-refractivity contribution in [2.45, 2.75) is 117 Å². The first-order valence-electron chi connectivity index (χ1n) is 12.2. The maximum atomic E-state index is 11.1. The average molecular weight is 441 g/mol. The highest BCUT2D eigenvalue weighted by Gasteiger charge is 2.10. The van der Waals surface area contributed by atoms with Crippen LogP contribution in [0.4, 0.5) is 0 Å². The Hall–Kier alpha value is -1.07. The Labute approximate surface area is 185 Å². The van der Waals surface area contributed by atoms with E-state index in [1.54, 1.807) is 0 Å². The van der Waals surface area contributed by atoms with Crippen LogP contribution in [0.5, 0.6) is 5.75 Å². The second kappa shape index (κ2) is 16.6. The van der Waals surface area contributed by atoms with E-state index in [1.165, 1.54) is 89.0 Å². The lowest BCUT2D eigenvalue weighted by molar-refractivity contribution is 0.349. The van der Waals surface area contributed by atoms with Gasteiger partial charge in [0.2, 0.25) is 5.94 Å². The molecule has 0 saturated heterocycles. The van der Waals surface area contributed by atoms with Gasteiger partial charge in [-0.15, -0.1) is 0 Å². The predicted molar refractivity (Wildman–Crippen MR) is 127 cm³/mol. The van der Waals surface area contributed by atoms with Crippen molar-refractivity contribution >= 4 is 10.1 Å². The summed E-state index contributed by atoms with van der Waals surface area (Å²) in [5.41, 5.74) is 2.35. The molecule has 30 heavy (non-hydrogen) atoms. The smallest absolute Gasteiger partial charge is 0.300 e. The zero-order valence-electron chi connectivity index (χ0n) is 19.3. The van der Waals surface area contributed by atoms with E-state index >= 15 is 0 Å². The van der Waals surface area contributed by atoms with Crippen molar-refractivity contribution in [2.75, 3.05) is 5.94 Å². The van der Waals surface area contributed by atoms with Crippen molar-refractivity contribution in [1.29, 1.82) is 0 Å². The SMILES string of the molecule is CCCCCCCCCc1ccc(OCS(=O)(=O)O)c(CCCCCCCCC)c1. The van der Waals surface area contributed by atoms with E-state index in [0.29, 0.717) is 5.75 Å². The van der Waals surface area contributed by atoms with Gasteiger partial charge in [-0.2, -0.15) is 8.42 Å². The summed E-state index contributed by atoms with van der Waals surface area (Å²) in [6, 6.07) is 6.08. The maximum Gasteiger partial charge on any atom is 0.300 e. The van der Waals surface area contributed by atoms with E-state index in [9.17, 15) is 8.42 Å². The van der Waals surface area contributed by atoms with Crippen molar-refractivity contribution in [3.8, 4) is 5.75 Å². The first-order valence-corrected chi connectivity index (χ1v) is 13.8. The lowest BCUT2D eigenvalue weighted by Crippen LogP contribution is -2.11. The Morgan fingerprint density at radius 1 is 0.733 bits per heavy atom. The van der Waals surface area contributed by atoms with Gasteiger partial charge in [0.1, 0.15) is 5.75 Å². The van der Waals surface area contributed by atoms with Gasteiger partial charge in [0.05, 0.1) is 0 Å². The summed E-state index contributed by atoms with van der Waals surface area (Å²) < 4.78 is 36.6. The van der Waals surface area contributed by atoms with Crippen molar-refractivity contribution in [2.24, 2.45) is 0 Å². The van der Waals surface area contributed by atoms with Crippen LogP contribution in [-0.4, -0.2) is 18.9 Å². The molecule has 0 aliphatic heterocycles. The monoisotopic (exact) mass is 440 g/mol. The predicted octanol–water partition coefficient (Wildman–Crippen LogP) is 7.50. The summed E-state index contributed by atoms with van der Waals surface area (Å²) in [6.45, 7) is 4.47. The van der Waals surface area contributed by atoms with Crippen LogP contribution in [0.2, 0.25) is 0 Å². The molecule has 1 rings (SSSR count). The van der Waals surface area contributed by atoms with Crippen LogP contribution in [0.15, 0.2) is 18.2 Å². The number of hydrogen-bond donors (Lipinski definition) is 1. The molecular weight excluding hydrogens is 396 g/mol. The van der Waals surface area contributed by atoms with E-state index in [1.807, 2.05) is 12.1 Å². The van der Waals surface area contributed by atoms with Crippen molar-refractivity contribution in [3.63, 3.8) is 0 Å². The molecule has 4 nitrogen and oxygen atoms in total. The molecule has 0 spiro atoms. The first kappa shape index (κ1) is 27.0. The molecule has 0 unspecified atom stereocenters. The molecule has 174 valence electrons. The number of rotatable bonds is 19. The number of hydrogen-bond acceptors (Lipinski definition) is 3. The molecule has 1 N–H and O–H groups in total. The van der Waals surface area contributed by atoms with Gasteiger partial charge < -0.3 is 4.74 Å². The van der Waals surface area contributed by atoms with Gasteiger partial charge in [-0.3, -0.25) is 4.55 Å².